The molecule has 1 aromatic carbocycles. The second-order valence-electron chi connectivity index (χ2n) is 7.51. The Kier molecular flexibility index (Phi) is 4.37. The number of carbonyl (C=O) groups is 1. The molecule has 31 heavy (non-hydrogen) atoms. The molecule has 0 bridgehead atoms. The molecule has 0 spiro atoms. The van der Waals surface area contributed by atoms with Gasteiger partial charge in [0, 0.05) is 36.2 Å². The summed E-state index contributed by atoms with van der Waals surface area (Å²) in [5.74, 6) is -3.01. The van der Waals surface area contributed by atoms with Gasteiger partial charge in [0.05, 0.1) is 30.2 Å². The second kappa shape index (κ2) is 6.98. The van der Waals surface area contributed by atoms with Crippen LogP contribution >= 0.6 is 0 Å². The van der Waals surface area contributed by atoms with Crippen LogP contribution in [0.4, 0.5) is 13.2 Å². The minimum Gasteiger partial charge on any atom is -0.373 e. The summed E-state index contributed by atoms with van der Waals surface area (Å²) in [5.41, 5.74) is 1.32. The van der Waals surface area contributed by atoms with Crippen LogP contribution in [0.5, 0.6) is 0 Å². The minimum atomic E-state index is -1.13. The Hall–Kier alpha value is -3.59. The standard InChI is InChI=1S/C22H16F3N3O3/c1-27(22(30)11-4-13-3-2-12(23)8-28(13)7-11)19-10-31-9-18-20(19)14-5-16(24)17(25)6-15(14)21(29)26-18/h2-8,19H,9-10H2,1H3,(H,26,29)/t19-/m1/s1. The summed E-state index contributed by atoms with van der Waals surface area (Å²) in [6, 6.07) is 5.66. The maximum atomic E-state index is 14.0. The van der Waals surface area contributed by atoms with Crippen molar-refractivity contribution in [2.24, 2.45) is 0 Å². The number of amides is 1. The number of nitrogens with zero attached hydrogens (tertiary/aromatic N) is 2. The third-order valence-corrected chi connectivity index (χ3v) is 5.63. The number of pyridine rings is 2. The van der Waals surface area contributed by atoms with Gasteiger partial charge in [-0.1, -0.05) is 0 Å². The van der Waals surface area contributed by atoms with Crippen molar-refractivity contribution in [1.82, 2.24) is 14.3 Å². The van der Waals surface area contributed by atoms with Crippen LogP contribution in [0.15, 0.2) is 47.5 Å². The van der Waals surface area contributed by atoms with E-state index in [0.29, 0.717) is 22.3 Å². The van der Waals surface area contributed by atoms with Crippen LogP contribution in [0, 0.1) is 17.5 Å². The van der Waals surface area contributed by atoms with Crippen molar-refractivity contribution in [1.29, 1.82) is 0 Å². The number of likely N-dealkylation sites (N-methyl/N-ethyl adjacent to an activating group) is 1. The van der Waals surface area contributed by atoms with Crippen molar-refractivity contribution >= 4 is 22.2 Å². The molecule has 0 radical (unpaired) electrons. The first-order valence-electron chi connectivity index (χ1n) is 9.49. The van der Waals surface area contributed by atoms with Crippen molar-refractivity contribution in [3.05, 3.63) is 87.4 Å². The number of H-pyrrole nitrogens is 1. The summed E-state index contributed by atoms with van der Waals surface area (Å²) in [5, 5.41) is 0.227. The van der Waals surface area contributed by atoms with Crippen molar-refractivity contribution in [2.45, 2.75) is 12.6 Å². The van der Waals surface area contributed by atoms with E-state index in [2.05, 4.69) is 4.98 Å². The number of nitrogens with one attached hydrogen (secondary N) is 1. The van der Waals surface area contributed by atoms with Crippen LogP contribution in [-0.2, 0) is 11.3 Å². The van der Waals surface area contributed by atoms with Crippen molar-refractivity contribution in [3.8, 4) is 0 Å². The van der Waals surface area contributed by atoms with Crippen LogP contribution in [0.1, 0.15) is 27.7 Å². The topological polar surface area (TPSA) is 66.8 Å². The molecule has 1 aliphatic rings. The first-order valence-corrected chi connectivity index (χ1v) is 9.49. The average molecular weight is 427 g/mol. The molecule has 1 N–H and O–H groups in total. The molecule has 0 saturated carbocycles. The minimum absolute atomic E-state index is 0.00419. The molecule has 1 atom stereocenters. The van der Waals surface area contributed by atoms with Gasteiger partial charge in [-0.15, -0.1) is 0 Å². The van der Waals surface area contributed by atoms with Gasteiger partial charge in [0.2, 0.25) is 0 Å². The van der Waals surface area contributed by atoms with Gasteiger partial charge in [-0.05, 0) is 35.7 Å². The van der Waals surface area contributed by atoms with Gasteiger partial charge in [-0.2, -0.15) is 0 Å². The van der Waals surface area contributed by atoms with E-state index in [1.165, 1.54) is 27.8 Å². The molecule has 0 saturated heterocycles. The van der Waals surface area contributed by atoms with Crippen molar-refractivity contribution in [2.75, 3.05) is 13.7 Å². The Morgan fingerprint density at radius 2 is 1.87 bits per heavy atom. The molecule has 1 aliphatic heterocycles. The number of carbonyl (C=O) groups excluding carboxylic acids is 1. The smallest absolute Gasteiger partial charge is 0.256 e. The zero-order valence-corrected chi connectivity index (χ0v) is 16.3. The van der Waals surface area contributed by atoms with Crippen molar-refractivity contribution in [3.63, 3.8) is 0 Å². The molecule has 4 heterocycles. The first-order chi connectivity index (χ1) is 14.8. The first kappa shape index (κ1) is 19.4. The summed E-state index contributed by atoms with van der Waals surface area (Å²) in [7, 11) is 1.56. The predicted molar refractivity (Wildman–Crippen MR) is 106 cm³/mol. The Bertz CT molecular complexity index is 1430. The van der Waals surface area contributed by atoms with Crippen LogP contribution in [0.3, 0.4) is 0 Å². The van der Waals surface area contributed by atoms with Crippen LogP contribution in [0.25, 0.3) is 16.3 Å². The normalized spacial score (nSPS) is 15.9. The number of rotatable bonds is 2. The molecule has 5 rings (SSSR count). The molecule has 0 fully saturated rings. The second-order valence-corrected chi connectivity index (χ2v) is 7.51. The van der Waals surface area contributed by atoms with Crippen LogP contribution < -0.4 is 5.56 Å². The Labute approximate surface area is 173 Å². The van der Waals surface area contributed by atoms with E-state index in [-0.39, 0.29) is 29.9 Å². The molecule has 3 aromatic heterocycles. The lowest BCUT2D eigenvalue weighted by atomic mass is 9.95. The molecule has 6 nitrogen and oxygen atoms in total. The zero-order valence-electron chi connectivity index (χ0n) is 16.3. The van der Waals surface area contributed by atoms with E-state index < -0.39 is 29.1 Å². The number of aromatic amines is 1. The van der Waals surface area contributed by atoms with E-state index >= 15 is 0 Å². The zero-order chi connectivity index (χ0) is 21.9. The predicted octanol–water partition coefficient (Wildman–Crippen LogP) is 3.54. The Morgan fingerprint density at radius 1 is 1.13 bits per heavy atom. The molecule has 9 heteroatoms. The fourth-order valence-corrected chi connectivity index (χ4v) is 4.09. The highest BCUT2D eigenvalue weighted by molar-refractivity contribution is 5.96. The quantitative estimate of drug-likeness (QED) is 0.532. The van der Waals surface area contributed by atoms with Gasteiger partial charge in [-0.3, -0.25) is 9.59 Å². The van der Waals surface area contributed by atoms with E-state index in [9.17, 15) is 22.8 Å². The maximum Gasteiger partial charge on any atom is 0.256 e. The summed E-state index contributed by atoms with van der Waals surface area (Å²) in [6.07, 6.45) is 2.78. The molecule has 1 amide bonds. The monoisotopic (exact) mass is 427 g/mol. The summed E-state index contributed by atoms with van der Waals surface area (Å²) in [4.78, 5) is 29.6. The number of hydrogen-bond acceptors (Lipinski definition) is 3. The molecule has 0 aliphatic carbocycles. The summed E-state index contributed by atoms with van der Waals surface area (Å²) < 4.78 is 48.3. The Balaban J connectivity index is 1.61. The number of aromatic nitrogens is 2. The van der Waals surface area contributed by atoms with E-state index in [1.807, 2.05) is 0 Å². The van der Waals surface area contributed by atoms with Gasteiger partial charge in [0.1, 0.15) is 5.82 Å². The summed E-state index contributed by atoms with van der Waals surface area (Å²) in [6.45, 7) is 0.185. The number of fused-ring (bicyclic) bond motifs is 4. The van der Waals surface area contributed by atoms with E-state index in [0.717, 1.165) is 12.1 Å². The fraction of sp³-hybridized carbons (Fsp3) is 0.182. The fourth-order valence-electron chi connectivity index (χ4n) is 4.09. The number of hydrogen-bond donors (Lipinski definition) is 1. The van der Waals surface area contributed by atoms with E-state index in [1.54, 1.807) is 19.2 Å². The number of benzene rings is 1. The molecular weight excluding hydrogens is 411 g/mol. The van der Waals surface area contributed by atoms with Gasteiger partial charge in [-0.25, -0.2) is 13.2 Å². The van der Waals surface area contributed by atoms with Gasteiger partial charge >= 0.3 is 0 Å². The lowest BCUT2D eigenvalue weighted by Gasteiger charge is -2.33. The third-order valence-electron chi connectivity index (χ3n) is 5.63. The lowest BCUT2D eigenvalue weighted by Crippen LogP contribution is -2.37. The highest BCUT2D eigenvalue weighted by atomic mass is 19.2. The highest BCUT2D eigenvalue weighted by Gasteiger charge is 2.31. The summed E-state index contributed by atoms with van der Waals surface area (Å²) >= 11 is 0. The van der Waals surface area contributed by atoms with Gasteiger partial charge in [0.25, 0.3) is 11.5 Å². The van der Waals surface area contributed by atoms with Gasteiger partial charge in [0.15, 0.2) is 11.6 Å². The largest absolute Gasteiger partial charge is 0.373 e. The SMILES string of the molecule is CN(C(=O)c1cc2ccc(F)cn2c1)[C@@H]1COCc2[nH]c(=O)c3cc(F)c(F)cc3c21. The maximum absolute atomic E-state index is 14.0. The van der Waals surface area contributed by atoms with Crippen LogP contribution in [0.2, 0.25) is 0 Å². The van der Waals surface area contributed by atoms with Crippen LogP contribution in [-0.4, -0.2) is 33.8 Å². The lowest BCUT2D eigenvalue weighted by molar-refractivity contribution is 0.0336. The Morgan fingerprint density at radius 3 is 2.65 bits per heavy atom. The molecule has 4 aromatic rings. The average Bonchev–Trinajstić information content (AvgIpc) is 3.17. The number of ether oxygens (including phenoxy) is 1. The van der Waals surface area contributed by atoms with Gasteiger partial charge < -0.3 is 19.0 Å². The number of halogens is 3. The molecule has 158 valence electrons. The van der Waals surface area contributed by atoms with E-state index in [4.69, 9.17) is 4.74 Å². The van der Waals surface area contributed by atoms with Crippen molar-refractivity contribution < 1.29 is 22.7 Å². The third kappa shape index (κ3) is 3.09. The molecule has 0 unspecified atom stereocenters. The molecular formula is C22H16F3N3O3. The highest BCUT2D eigenvalue weighted by Crippen LogP contribution is 2.34.